The number of nitrogens with one attached hydrogen (secondary N) is 1. The standard InChI is InChI=1S/C24H27FN2O2/c25-19-13-11-17(12-14-19)22(15-23(28)26-20-8-3-1-2-4-9-20)27-16-18-7-5-6-10-21(18)24(27)29/h5-7,10-14,20,22H,1-4,8-9,15-16H2,(H,26,28)/t22-/m1/s1. The highest BCUT2D eigenvalue weighted by atomic mass is 19.1. The van der Waals surface area contributed by atoms with Gasteiger partial charge in [0.25, 0.3) is 5.91 Å². The van der Waals surface area contributed by atoms with Crippen LogP contribution < -0.4 is 5.32 Å². The summed E-state index contributed by atoms with van der Waals surface area (Å²) in [5.74, 6) is -0.446. The van der Waals surface area contributed by atoms with Crippen molar-refractivity contribution in [3.05, 3.63) is 71.0 Å². The molecule has 2 aliphatic rings. The average molecular weight is 394 g/mol. The molecule has 1 fully saturated rings. The third-order valence-electron chi connectivity index (χ3n) is 6.08. The van der Waals surface area contributed by atoms with E-state index in [2.05, 4.69) is 5.32 Å². The predicted molar refractivity (Wildman–Crippen MR) is 110 cm³/mol. The van der Waals surface area contributed by atoms with E-state index in [-0.39, 0.29) is 30.1 Å². The summed E-state index contributed by atoms with van der Waals surface area (Å²) in [4.78, 5) is 27.6. The first-order valence-corrected chi connectivity index (χ1v) is 10.6. The van der Waals surface area contributed by atoms with E-state index < -0.39 is 6.04 Å². The summed E-state index contributed by atoms with van der Waals surface area (Å²) < 4.78 is 13.5. The van der Waals surface area contributed by atoms with Gasteiger partial charge in [0.15, 0.2) is 0 Å². The van der Waals surface area contributed by atoms with Crippen LogP contribution in [0.15, 0.2) is 48.5 Å². The number of fused-ring (bicyclic) bond motifs is 1. The van der Waals surface area contributed by atoms with Crippen molar-refractivity contribution in [1.29, 1.82) is 0 Å². The molecule has 1 N–H and O–H groups in total. The summed E-state index contributed by atoms with van der Waals surface area (Å²) in [6.07, 6.45) is 6.96. The van der Waals surface area contributed by atoms with Gasteiger partial charge in [-0.2, -0.15) is 0 Å². The zero-order valence-electron chi connectivity index (χ0n) is 16.6. The van der Waals surface area contributed by atoms with E-state index in [0.29, 0.717) is 12.1 Å². The third-order valence-corrected chi connectivity index (χ3v) is 6.08. The van der Waals surface area contributed by atoms with Gasteiger partial charge in [-0.15, -0.1) is 0 Å². The minimum Gasteiger partial charge on any atom is -0.353 e. The highest BCUT2D eigenvalue weighted by Gasteiger charge is 2.34. The molecule has 0 bridgehead atoms. The summed E-state index contributed by atoms with van der Waals surface area (Å²) >= 11 is 0. The second-order valence-electron chi connectivity index (χ2n) is 8.12. The van der Waals surface area contributed by atoms with Crippen LogP contribution in [0.3, 0.4) is 0 Å². The van der Waals surface area contributed by atoms with Gasteiger partial charge in [0, 0.05) is 18.2 Å². The fourth-order valence-corrected chi connectivity index (χ4v) is 4.51. The van der Waals surface area contributed by atoms with Crippen LogP contribution in [0.5, 0.6) is 0 Å². The quantitative estimate of drug-likeness (QED) is 0.744. The van der Waals surface area contributed by atoms with Crippen LogP contribution in [0.1, 0.15) is 72.5 Å². The zero-order valence-corrected chi connectivity index (χ0v) is 16.6. The van der Waals surface area contributed by atoms with Crippen molar-refractivity contribution in [3.63, 3.8) is 0 Å². The molecule has 1 atom stereocenters. The first-order valence-electron chi connectivity index (χ1n) is 10.6. The first-order chi connectivity index (χ1) is 14.1. The second kappa shape index (κ2) is 8.76. The van der Waals surface area contributed by atoms with E-state index in [9.17, 15) is 14.0 Å². The minimum atomic E-state index is -0.415. The van der Waals surface area contributed by atoms with Crippen LogP contribution in [-0.2, 0) is 11.3 Å². The molecule has 4 rings (SSSR count). The molecular formula is C24H27FN2O2. The van der Waals surface area contributed by atoms with Crippen molar-refractivity contribution >= 4 is 11.8 Å². The summed E-state index contributed by atoms with van der Waals surface area (Å²) in [5.41, 5.74) is 2.43. The average Bonchev–Trinajstić information content (AvgIpc) is 2.88. The molecule has 1 aliphatic heterocycles. The van der Waals surface area contributed by atoms with Gasteiger partial charge in [-0.1, -0.05) is 56.0 Å². The number of amides is 2. The van der Waals surface area contributed by atoms with E-state index in [1.165, 1.54) is 25.0 Å². The number of hydrogen-bond donors (Lipinski definition) is 1. The number of rotatable bonds is 5. The maximum absolute atomic E-state index is 13.5. The summed E-state index contributed by atoms with van der Waals surface area (Å²) in [7, 11) is 0. The lowest BCUT2D eigenvalue weighted by molar-refractivity contribution is -0.123. The van der Waals surface area contributed by atoms with Gasteiger partial charge in [-0.05, 0) is 42.2 Å². The lowest BCUT2D eigenvalue weighted by Crippen LogP contribution is -2.38. The predicted octanol–water partition coefficient (Wildman–Crippen LogP) is 4.75. The van der Waals surface area contributed by atoms with Crippen LogP contribution >= 0.6 is 0 Å². The van der Waals surface area contributed by atoms with E-state index in [1.54, 1.807) is 17.0 Å². The molecule has 2 aromatic rings. The Morgan fingerprint density at radius 3 is 2.41 bits per heavy atom. The molecule has 1 aliphatic carbocycles. The Morgan fingerprint density at radius 2 is 1.72 bits per heavy atom. The summed E-state index contributed by atoms with van der Waals surface area (Å²) in [6.45, 7) is 0.466. The molecule has 1 heterocycles. The molecule has 0 spiro atoms. The Bertz CT molecular complexity index is 873. The molecule has 2 aromatic carbocycles. The Kier molecular flexibility index (Phi) is 5.93. The van der Waals surface area contributed by atoms with Crippen LogP contribution in [0.25, 0.3) is 0 Å². The minimum absolute atomic E-state index is 0.0463. The van der Waals surface area contributed by atoms with E-state index in [4.69, 9.17) is 0 Å². The van der Waals surface area contributed by atoms with Crippen molar-refractivity contribution in [2.75, 3.05) is 0 Å². The van der Waals surface area contributed by atoms with Crippen LogP contribution in [0.4, 0.5) is 4.39 Å². The normalized spacial score (nSPS) is 18.2. The molecule has 29 heavy (non-hydrogen) atoms. The van der Waals surface area contributed by atoms with Crippen molar-refractivity contribution in [2.45, 2.75) is 63.6 Å². The van der Waals surface area contributed by atoms with Gasteiger partial charge >= 0.3 is 0 Å². The maximum atomic E-state index is 13.5. The highest BCUT2D eigenvalue weighted by Crippen LogP contribution is 2.33. The van der Waals surface area contributed by atoms with E-state index >= 15 is 0 Å². The Labute approximate surface area is 171 Å². The lowest BCUT2D eigenvalue weighted by atomic mass is 10.0. The molecule has 4 nitrogen and oxygen atoms in total. The van der Waals surface area contributed by atoms with E-state index in [0.717, 1.165) is 36.8 Å². The molecule has 2 amide bonds. The molecule has 0 saturated heterocycles. The van der Waals surface area contributed by atoms with Gasteiger partial charge < -0.3 is 10.2 Å². The fraction of sp³-hybridized carbons (Fsp3) is 0.417. The number of halogens is 1. The third kappa shape index (κ3) is 4.50. The van der Waals surface area contributed by atoms with Gasteiger partial charge in [0.05, 0.1) is 12.5 Å². The van der Waals surface area contributed by atoms with Gasteiger partial charge in [-0.25, -0.2) is 4.39 Å². The van der Waals surface area contributed by atoms with Gasteiger partial charge in [0.1, 0.15) is 5.82 Å². The summed E-state index contributed by atoms with van der Waals surface area (Å²) in [5, 5.41) is 3.18. The van der Waals surface area contributed by atoms with Crippen molar-refractivity contribution in [1.82, 2.24) is 10.2 Å². The second-order valence-corrected chi connectivity index (χ2v) is 8.12. The molecule has 0 unspecified atom stereocenters. The smallest absolute Gasteiger partial charge is 0.255 e. The van der Waals surface area contributed by atoms with Crippen LogP contribution in [0.2, 0.25) is 0 Å². The summed E-state index contributed by atoms with van der Waals surface area (Å²) in [6, 6.07) is 13.5. The van der Waals surface area contributed by atoms with Crippen molar-refractivity contribution < 1.29 is 14.0 Å². The van der Waals surface area contributed by atoms with Crippen molar-refractivity contribution in [2.24, 2.45) is 0 Å². The maximum Gasteiger partial charge on any atom is 0.255 e. The van der Waals surface area contributed by atoms with Crippen LogP contribution in [-0.4, -0.2) is 22.8 Å². The Morgan fingerprint density at radius 1 is 1.03 bits per heavy atom. The molecule has 1 saturated carbocycles. The monoisotopic (exact) mass is 394 g/mol. The SMILES string of the molecule is O=C(C[C@H](c1ccc(F)cc1)N1Cc2ccccc2C1=O)NC1CCCCCC1. The van der Waals surface area contributed by atoms with E-state index in [1.807, 2.05) is 24.3 Å². The topological polar surface area (TPSA) is 49.4 Å². The largest absolute Gasteiger partial charge is 0.353 e. The van der Waals surface area contributed by atoms with Crippen LogP contribution in [0, 0.1) is 5.82 Å². The number of hydrogen-bond acceptors (Lipinski definition) is 2. The molecule has 5 heteroatoms. The number of carbonyl (C=O) groups is 2. The zero-order chi connectivity index (χ0) is 20.2. The highest BCUT2D eigenvalue weighted by molar-refractivity contribution is 5.98. The number of nitrogens with zero attached hydrogens (tertiary/aromatic N) is 1. The van der Waals surface area contributed by atoms with Crippen molar-refractivity contribution in [3.8, 4) is 0 Å². The first kappa shape index (κ1) is 19.6. The molecular weight excluding hydrogens is 367 g/mol. The van der Waals surface area contributed by atoms with Gasteiger partial charge in [-0.3, -0.25) is 9.59 Å². The number of carbonyl (C=O) groups excluding carboxylic acids is 2. The van der Waals surface area contributed by atoms with Gasteiger partial charge in [0.2, 0.25) is 5.91 Å². The molecule has 0 radical (unpaired) electrons. The molecule has 152 valence electrons. The fourth-order valence-electron chi connectivity index (χ4n) is 4.51. The Hall–Kier alpha value is -2.69. The molecule has 0 aromatic heterocycles. The lowest BCUT2D eigenvalue weighted by Gasteiger charge is -2.29. The Balaban J connectivity index is 1.54. The number of benzene rings is 2.